The number of ether oxygens (including phenoxy) is 1. The highest BCUT2D eigenvalue weighted by molar-refractivity contribution is 6.10. The monoisotopic (exact) mass is 355 g/mol. The van der Waals surface area contributed by atoms with Gasteiger partial charge in [-0.1, -0.05) is 0 Å². The zero-order valence-electron chi connectivity index (χ0n) is 13.9. The zero-order valence-corrected chi connectivity index (χ0v) is 13.9. The number of hydrogen-bond acceptors (Lipinski definition) is 4. The van der Waals surface area contributed by atoms with Crippen molar-refractivity contribution < 1.29 is 22.3 Å². The van der Waals surface area contributed by atoms with Crippen molar-refractivity contribution in [2.75, 3.05) is 13.7 Å². The fraction of sp³-hybridized carbons (Fsp3) is 0.353. The van der Waals surface area contributed by atoms with E-state index in [1.807, 2.05) is 0 Å². The van der Waals surface area contributed by atoms with Crippen LogP contribution >= 0.6 is 0 Å². The number of hydrogen-bond donors (Lipinski definition) is 0. The van der Waals surface area contributed by atoms with Crippen LogP contribution < -0.4 is 4.74 Å². The molecule has 4 nitrogen and oxygen atoms in total. The summed E-state index contributed by atoms with van der Waals surface area (Å²) in [4.78, 5) is 4.34. The van der Waals surface area contributed by atoms with E-state index in [1.165, 1.54) is 35.3 Å². The third-order valence-electron chi connectivity index (χ3n) is 4.22. The van der Waals surface area contributed by atoms with Crippen molar-refractivity contribution in [3.05, 3.63) is 53.2 Å². The molecule has 0 fully saturated rings. The molecule has 0 aromatic heterocycles. The number of halogens is 4. The van der Waals surface area contributed by atoms with Crippen molar-refractivity contribution in [2.24, 2.45) is 4.99 Å². The van der Waals surface area contributed by atoms with Crippen LogP contribution in [0.5, 0.6) is 5.75 Å². The predicted molar refractivity (Wildman–Crippen MR) is 85.4 cm³/mol. The minimum atomic E-state index is -4.35. The number of allylic oxidation sites excluding steroid dienone is 2. The lowest BCUT2D eigenvalue weighted by Crippen LogP contribution is -2.49. The van der Waals surface area contributed by atoms with Crippen LogP contribution in [0.4, 0.5) is 17.6 Å². The summed E-state index contributed by atoms with van der Waals surface area (Å²) in [5, 5.41) is 2.60. The van der Waals surface area contributed by atoms with Crippen LogP contribution in [-0.2, 0) is 0 Å². The molecule has 3 rings (SSSR count). The zero-order chi connectivity index (χ0) is 18.4. The summed E-state index contributed by atoms with van der Waals surface area (Å²) in [6.07, 6.45) is -1.19. The van der Waals surface area contributed by atoms with Gasteiger partial charge in [0.05, 0.1) is 12.8 Å². The second-order valence-electron chi connectivity index (χ2n) is 5.84. The van der Waals surface area contributed by atoms with Crippen LogP contribution in [0.1, 0.15) is 19.4 Å². The van der Waals surface area contributed by atoms with Crippen LogP contribution in [0.3, 0.4) is 0 Å². The first kappa shape index (κ1) is 17.5. The van der Waals surface area contributed by atoms with Crippen molar-refractivity contribution in [3.8, 4) is 5.75 Å². The Morgan fingerprint density at radius 3 is 2.64 bits per heavy atom. The number of methoxy groups -OCH3 is 1. The van der Waals surface area contributed by atoms with Gasteiger partial charge < -0.3 is 4.74 Å². The fourth-order valence-electron chi connectivity index (χ4n) is 2.83. The molecule has 0 amide bonds. The predicted octanol–water partition coefficient (Wildman–Crippen LogP) is 3.87. The molecular formula is C17H17F4N3O. The average Bonchev–Trinajstić information content (AvgIpc) is 2.98. The second kappa shape index (κ2) is 6.18. The lowest BCUT2D eigenvalue weighted by atomic mass is 10.1. The molecule has 134 valence electrons. The van der Waals surface area contributed by atoms with E-state index >= 15 is 0 Å². The van der Waals surface area contributed by atoms with Gasteiger partial charge in [0.2, 0.25) is 0 Å². The highest BCUT2D eigenvalue weighted by Gasteiger charge is 2.45. The van der Waals surface area contributed by atoms with Gasteiger partial charge in [-0.15, -0.1) is 0 Å². The van der Waals surface area contributed by atoms with Crippen LogP contribution in [0.25, 0.3) is 0 Å². The summed E-state index contributed by atoms with van der Waals surface area (Å²) in [6, 6.07) is 2.62. The Kier molecular flexibility index (Phi) is 4.32. The van der Waals surface area contributed by atoms with E-state index in [2.05, 4.69) is 4.99 Å². The van der Waals surface area contributed by atoms with Gasteiger partial charge in [-0.05, 0) is 44.2 Å². The van der Waals surface area contributed by atoms with Gasteiger partial charge >= 0.3 is 6.18 Å². The fourth-order valence-corrected chi connectivity index (χ4v) is 2.83. The van der Waals surface area contributed by atoms with E-state index < -0.39 is 18.0 Å². The standard InChI is InChI=1S/C17H17F4N3O/c1-10-8-15(13-9-12(25-3)4-5-14(13)18)22-16-6-7-23(24(10)16)11(2)17(19,20)21/h4-6,8-9,11H,7H2,1-3H3. The van der Waals surface area contributed by atoms with Crippen molar-refractivity contribution >= 4 is 5.71 Å². The Morgan fingerprint density at radius 2 is 2.00 bits per heavy atom. The molecule has 0 aliphatic carbocycles. The number of hydrazine groups is 1. The van der Waals surface area contributed by atoms with E-state index in [0.717, 1.165) is 6.92 Å². The number of nitrogens with zero attached hydrogens (tertiary/aromatic N) is 3. The molecule has 2 aliphatic heterocycles. The van der Waals surface area contributed by atoms with Gasteiger partial charge in [0.25, 0.3) is 0 Å². The van der Waals surface area contributed by atoms with Gasteiger partial charge in [0, 0.05) is 17.8 Å². The molecule has 25 heavy (non-hydrogen) atoms. The summed E-state index contributed by atoms with van der Waals surface area (Å²) in [5.41, 5.74) is 1.12. The molecule has 2 aliphatic rings. The molecule has 1 aromatic carbocycles. The minimum Gasteiger partial charge on any atom is -0.497 e. The number of rotatable bonds is 3. The normalized spacial score (nSPS) is 19.2. The first-order chi connectivity index (χ1) is 11.7. The Hall–Kier alpha value is -2.35. The molecule has 8 heteroatoms. The number of aliphatic imine (C=N–C) groups is 1. The van der Waals surface area contributed by atoms with E-state index in [4.69, 9.17) is 4.74 Å². The van der Waals surface area contributed by atoms with E-state index in [0.29, 0.717) is 23.0 Å². The summed E-state index contributed by atoms with van der Waals surface area (Å²) in [5.74, 6) is 0.352. The van der Waals surface area contributed by atoms with Crippen molar-refractivity contribution in [2.45, 2.75) is 26.1 Å². The lowest BCUT2D eigenvalue weighted by molar-refractivity contribution is -0.201. The Morgan fingerprint density at radius 1 is 1.28 bits per heavy atom. The first-order valence-electron chi connectivity index (χ1n) is 7.67. The van der Waals surface area contributed by atoms with Crippen molar-refractivity contribution in [1.82, 2.24) is 10.0 Å². The van der Waals surface area contributed by atoms with Crippen LogP contribution in [-0.4, -0.2) is 41.6 Å². The van der Waals surface area contributed by atoms with Crippen molar-refractivity contribution in [1.29, 1.82) is 0 Å². The van der Waals surface area contributed by atoms with Gasteiger partial charge in [-0.2, -0.15) is 18.2 Å². The van der Waals surface area contributed by atoms with Gasteiger partial charge in [0.1, 0.15) is 23.4 Å². The SMILES string of the molecule is COc1ccc(F)c(C2=NC3=CCN(C(C)C(F)(F)F)N3C(C)=C2)c1. The molecule has 0 bridgehead atoms. The maximum atomic E-state index is 14.2. The molecule has 1 unspecified atom stereocenters. The summed E-state index contributed by atoms with van der Waals surface area (Å²) in [7, 11) is 1.47. The second-order valence-corrected chi connectivity index (χ2v) is 5.84. The molecule has 1 aromatic rings. The molecular weight excluding hydrogens is 338 g/mol. The molecule has 0 saturated carbocycles. The number of fused-ring (bicyclic) bond motifs is 1. The third kappa shape index (κ3) is 3.13. The number of benzene rings is 1. The summed E-state index contributed by atoms with van der Waals surface area (Å²) in [6.45, 7) is 2.85. The Balaban J connectivity index is 1.95. The molecule has 0 radical (unpaired) electrons. The third-order valence-corrected chi connectivity index (χ3v) is 4.22. The van der Waals surface area contributed by atoms with Crippen LogP contribution in [0.2, 0.25) is 0 Å². The average molecular weight is 355 g/mol. The smallest absolute Gasteiger partial charge is 0.405 e. The summed E-state index contributed by atoms with van der Waals surface area (Å²) >= 11 is 0. The van der Waals surface area contributed by atoms with E-state index in [9.17, 15) is 17.6 Å². The van der Waals surface area contributed by atoms with Gasteiger partial charge in [-0.3, -0.25) is 5.01 Å². The first-order valence-corrected chi connectivity index (χ1v) is 7.67. The lowest BCUT2D eigenvalue weighted by Gasteiger charge is -2.38. The van der Waals surface area contributed by atoms with Gasteiger partial charge in [-0.25, -0.2) is 9.38 Å². The number of alkyl halides is 3. The molecule has 0 N–H and O–H groups in total. The van der Waals surface area contributed by atoms with Crippen LogP contribution in [0, 0.1) is 5.82 Å². The molecule has 2 heterocycles. The Labute approximate surface area is 142 Å². The highest BCUT2D eigenvalue weighted by atomic mass is 19.4. The molecule has 0 spiro atoms. The maximum absolute atomic E-state index is 14.2. The highest BCUT2D eigenvalue weighted by Crippen LogP contribution is 2.35. The largest absolute Gasteiger partial charge is 0.497 e. The van der Waals surface area contributed by atoms with E-state index in [-0.39, 0.29) is 12.1 Å². The summed E-state index contributed by atoms with van der Waals surface area (Å²) < 4.78 is 58.4. The maximum Gasteiger partial charge on any atom is 0.405 e. The van der Waals surface area contributed by atoms with Crippen molar-refractivity contribution in [3.63, 3.8) is 0 Å². The Bertz CT molecular complexity index is 783. The topological polar surface area (TPSA) is 28.1 Å². The minimum absolute atomic E-state index is 0.0819. The molecule has 0 saturated heterocycles. The van der Waals surface area contributed by atoms with E-state index in [1.54, 1.807) is 19.1 Å². The molecule has 1 atom stereocenters. The van der Waals surface area contributed by atoms with Gasteiger partial charge in [0.15, 0.2) is 0 Å². The van der Waals surface area contributed by atoms with Crippen LogP contribution in [0.15, 0.2) is 46.9 Å². The quantitative estimate of drug-likeness (QED) is 0.771.